The summed E-state index contributed by atoms with van der Waals surface area (Å²) in [6.07, 6.45) is 0. The van der Waals surface area contributed by atoms with Crippen LogP contribution in [0.25, 0.3) is 0 Å². The molecule has 0 aliphatic heterocycles. The molecule has 0 radical (unpaired) electrons. The second kappa shape index (κ2) is 9.19. The van der Waals surface area contributed by atoms with Gasteiger partial charge in [-0.15, -0.1) is 0 Å². The number of benzene rings is 3. The van der Waals surface area contributed by atoms with Gasteiger partial charge in [0.2, 0.25) is 0 Å². The molecular formula is C22H21ClN2O4S. The van der Waals surface area contributed by atoms with Gasteiger partial charge in [0, 0.05) is 29.9 Å². The molecule has 0 heterocycles. The van der Waals surface area contributed by atoms with Crippen molar-refractivity contribution < 1.29 is 17.9 Å². The molecule has 0 unspecified atom stereocenters. The van der Waals surface area contributed by atoms with Crippen molar-refractivity contribution in [2.24, 2.45) is 0 Å². The Morgan fingerprint density at radius 3 is 2.30 bits per heavy atom. The third-order valence-corrected chi connectivity index (χ3v) is 6.04. The minimum atomic E-state index is -3.78. The quantitative estimate of drug-likeness (QED) is 0.585. The van der Waals surface area contributed by atoms with Gasteiger partial charge in [-0.05, 0) is 66.2 Å². The van der Waals surface area contributed by atoms with Crippen LogP contribution in [0.3, 0.4) is 0 Å². The Morgan fingerprint density at radius 1 is 1.03 bits per heavy atom. The van der Waals surface area contributed by atoms with Gasteiger partial charge >= 0.3 is 0 Å². The van der Waals surface area contributed by atoms with Crippen LogP contribution in [0.2, 0.25) is 5.02 Å². The van der Waals surface area contributed by atoms with Crippen molar-refractivity contribution in [3.05, 3.63) is 88.9 Å². The number of hydrogen-bond donors (Lipinski definition) is 1. The molecule has 0 aromatic heterocycles. The summed E-state index contributed by atoms with van der Waals surface area (Å²) in [6.45, 7) is 0.387. The fraction of sp³-hybridized carbons (Fsp3) is 0.136. The number of ether oxygens (including phenoxy) is 1. The number of nitrogens with one attached hydrogen (secondary N) is 1. The van der Waals surface area contributed by atoms with Gasteiger partial charge in [-0.25, -0.2) is 8.42 Å². The van der Waals surface area contributed by atoms with E-state index in [0.29, 0.717) is 28.6 Å². The average Bonchev–Trinajstić information content (AvgIpc) is 2.73. The summed E-state index contributed by atoms with van der Waals surface area (Å²) in [5.74, 6) is 0.407. The maximum atomic E-state index is 12.7. The minimum absolute atomic E-state index is 0.0624. The molecule has 3 rings (SSSR count). The Hall–Kier alpha value is -3.03. The Morgan fingerprint density at radius 2 is 1.70 bits per heavy atom. The van der Waals surface area contributed by atoms with Crippen molar-refractivity contribution in [3.63, 3.8) is 0 Å². The number of carbonyl (C=O) groups excluding carboxylic acids is 1. The highest BCUT2D eigenvalue weighted by atomic mass is 35.5. The first kappa shape index (κ1) is 21.7. The molecule has 0 atom stereocenters. The number of hydrogen-bond acceptors (Lipinski definition) is 4. The molecular weight excluding hydrogens is 424 g/mol. The van der Waals surface area contributed by atoms with E-state index in [1.54, 1.807) is 48.3 Å². The van der Waals surface area contributed by atoms with Crippen LogP contribution in [-0.2, 0) is 16.6 Å². The molecule has 0 fully saturated rings. The lowest BCUT2D eigenvalue weighted by atomic mass is 10.1. The summed E-state index contributed by atoms with van der Waals surface area (Å²) in [5.41, 5.74) is 1.71. The van der Waals surface area contributed by atoms with Crippen molar-refractivity contribution in [2.45, 2.75) is 11.4 Å². The van der Waals surface area contributed by atoms with Crippen LogP contribution in [0, 0.1) is 0 Å². The number of methoxy groups -OCH3 is 1. The maximum Gasteiger partial charge on any atom is 0.261 e. The summed E-state index contributed by atoms with van der Waals surface area (Å²) in [4.78, 5) is 14.3. The van der Waals surface area contributed by atoms with Gasteiger partial charge in [0.15, 0.2) is 0 Å². The van der Waals surface area contributed by atoms with Crippen LogP contribution < -0.4 is 9.46 Å². The molecule has 0 aliphatic rings. The van der Waals surface area contributed by atoms with Crippen LogP contribution in [0.1, 0.15) is 15.9 Å². The number of halogens is 1. The van der Waals surface area contributed by atoms with Gasteiger partial charge in [-0.3, -0.25) is 9.52 Å². The van der Waals surface area contributed by atoms with Crippen molar-refractivity contribution >= 4 is 33.2 Å². The number of rotatable bonds is 7. The number of carbonyl (C=O) groups is 1. The molecule has 0 aliphatic carbocycles. The average molecular weight is 445 g/mol. The van der Waals surface area contributed by atoms with Gasteiger partial charge in [0.1, 0.15) is 5.75 Å². The molecule has 1 amide bonds. The van der Waals surface area contributed by atoms with Crippen molar-refractivity contribution in [1.29, 1.82) is 0 Å². The van der Waals surface area contributed by atoms with Gasteiger partial charge in [-0.1, -0.05) is 23.7 Å². The summed E-state index contributed by atoms with van der Waals surface area (Å²) < 4.78 is 32.8. The molecule has 30 heavy (non-hydrogen) atoms. The Bertz CT molecular complexity index is 1130. The topological polar surface area (TPSA) is 75.7 Å². The zero-order valence-corrected chi connectivity index (χ0v) is 18.1. The Balaban J connectivity index is 1.70. The first-order chi connectivity index (χ1) is 14.3. The monoisotopic (exact) mass is 444 g/mol. The van der Waals surface area contributed by atoms with E-state index in [4.69, 9.17) is 16.3 Å². The van der Waals surface area contributed by atoms with E-state index < -0.39 is 10.0 Å². The SMILES string of the molecule is COc1ccc(NS(=O)(=O)c2ccc(C(=O)N(C)Cc3cccc(Cl)c3)cc2)cc1. The molecule has 0 spiro atoms. The van der Waals surface area contributed by atoms with Gasteiger partial charge in [0.25, 0.3) is 15.9 Å². The third kappa shape index (κ3) is 5.31. The number of anilines is 1. The predicted molar refractivity (Wildman–Crippen MR) is 117 cm³/mol. The second-order valence-electron chi connectivity index (χ2n) is 6.65. The zero-order chi connectivity index (χ0) is 21.7. The lowest BCUT2D eigenvalue weighted by Gasteiger charge is -2.18. The highest BCUT2D eigenvalue weighted by Crippen LogP contribution is 2.20. The molecule has 0 saturated heterocycles. The van der Waals surface area contributed by atoms with Crippen LogP contribution in [0.5, 0.6) is 5.75 Å². The number of sulfonamides is 1. The third-order valence-electron chi connectivity index (χ3n) is 4.41. The van der Waals surface area contributed by atoms with E-state index in [1.165, 1.54) is 31.4 Å². The molecule has 0 bridgehead atoms. The smallest absolute Gasteiger partial charge is 0.261 e. The van der Waals surface area contributed by atoms with Gasteiger partial charge in [0.05, 0.1) is 12.0 Å². The van der Waals surface area contributed by atoms with E-state index in [-0.39, 0.29) is 10.8 Å². The molecule has 156 valence electrons. The molecule has 1 N–H and O–H groups in total. The first-order valence-corrected chi connectivity index (χ1v) is 10.9. The fourth-order valence-electron chi connectivity index (χ4n) is 2.85. The van der Waals surface area contributed by atoms with Crippen LogP contribution in [0.4, 0.5) is 5.69 Å². The standard InChI is InChI=1S/C22H21ClN2O4S/c1-25(15-16-4-3-5-18(23)14-16)22(26)17-6-12-21(13-7-17)30(27,28)24-19-8-10-20(29-2)11-9-19/h3-14,24H,15H2,1-2H3. The lowest BCUT2D eigenvalue weighted by molar-refractivity contribution is 0.0785. The summed E-state index contributed by atoms with van der Waals surface area (Å²) in [7, 11) is -0.563. The Labute approximate surface area is 181 Å². The van der Waals surface area contributed by atoms with Crippen molar-refractivity contribution in [1.82, 2.24) is 4.90 Å². The number of amides is 1. The van der Waals surface area contributed by atoms with Crippen LogP contribution in [0.15, 0.2) is 77.7 Å². The highest BCUT2D eigenvalue weighted by Gasteiger charge is 2.17. The van der Waals surface area contributed by atoms with E-state index in [2.05, 4.69) is 4.72 Å². The summed E-state index contributed by atoms with van der Waals surface area (Å²) >= 11 is 5.99. The van der Waals surface area contributed by atoms with Crippen molar-refractivity contribution in [3.8, 4) is 5.75 Å². The molecule has 3 aromatic rings. The summed E-state index contributed by atoms with van der Waals surface area (Å²) in [6, 6.07) is 19.6. The highest BCUT2D eigenvalue weighted by molar-refractivity contribution is 7.92. The molecule has 6 nitrogen and oxygen atoms in total. The Kier molecular flexibility index (Phi) is 6.64. The van der Waals surface area contributed by atoms with Crippen LogP contribution >= 0.6 is 11.6 Å². The first-order valence-electron chi connectivity index (χ1n) is 9.05. The van der Waals surface area contributed by atoms with E-state index in [0.717, 1.165) is 5.56 Å². The summed E-state index contributed by atoms with van der Waals surface area (Å²) in [5, 5.41) is 0.604. The fourth-order valence-corrected chi connectivity index (χ4v) is 4.12. The number of nitrogens with zero attached hydrogens (tertiary/aromatic N) is 1. The zero-order valence-electron chi connectivity index (χ0n) is 16.5. The van der Waals surface area contributed by atoms with E-state index in [9.17, 15) is 13.2 Å². The van der Waals surface area contributed by atoms with Gasteiger partial charge < -0.3 is 9.64 Å². The second-order valence-corrected chi connectivity index (χ2v) is 8.77. The molecule has 3 aromatic carbocycles. The minimum Gasteiger partial charge on any atom is -0.497 e. The molecule has 8 heteroatoms. The van der Waals surface area contributed by atoms with E-state index in [1.807, 2.05) is 12.1 Å². The predicted octanol–water partition coefficient (Wildman–Crippen LogP) is 4.42. The van der Waals surface area contributed by atoms with Crippen molar-refractivity contribution in [2.75, 3.05) is 18.9 Å². The maximum absolute atomic E-state index is 12.7. The lowest BCUT2D eigenvalue weighted by Crippen LogP contribution is -2.26. The van der Waals surface area contributed by atoms with Gasteiger partial charge in [-0.2, -0.15) is 0 Å². The largest absolute Gasteiger partial charge is 0.497 e. The van der Waals surface area contributed by atoms with E-state index >= 15 is 0 Å². The van der Waals surface area contributed by atoms with Crippen LogP contribution in [-0.4, -0.2) is 33.4 Å². The normalized spacial score (nSPS) is 11.0. The molecule has 0 saturated carbocycles.